The molecule has 78 valence electrons. The fourth-order valence-corrected chi connectivity index (χ4v) is 3.09. The number of ether oxygens (including phenoxy) is 3. The summed E-state index contributed by atoms with van der Waals surface area (Å²) in [4.78, 5) is 0. The third-order valence-corrected chi connectivity index (χ3v) is 3.65. The van der Waals surface area contributed by atoms with E-state index in [1.165, 1.54) is 0 Å². The fourth-order valence-electron chi connectivity index (χ4n) is 3.09. The van der Waals surface area contributed by atoms with Gasteiger partial charge in [-0.2, -0.15) is 0 Å². The predicted molar refractivity (Wildman–Crippen MR) is 47.1 cm³/mol. The molecular weight excluding hydrogens is 187 g/mol. The lowest BCUT2D eigenvalue weighted by Gasteiger charge is -2.57. The van der Waals surface area contributed by atoms with Gasteiger partial charge in [0, 0.05) is 6.42 Å². The maximum absolute atomic E-state index is 10.0. The van der Waals surface area contributed by atoms with Gasteiger partial charge in [0.2, 0.25) is 0 Å². The minimum atomic E-state index is -1.14. The van der Waals surface area contributed by atoms with Gasteiger partial charge in [-0.1, -0.05) is 0 Å². The monoisotopic (exact) mass is 200 g/mol. The van der Waals surface area contributed by atoms with Crippen LogP contribution in [0.25, 0.3) is 0 Å². The van der Waals surface area contributed by atoms with Gasteiger partial charge in [0.05, 0.1) is 24.6 Å². The molecule has 5 nitrogen and oxygen atoms in total. The minimum Gasteiger partial charge on any atom is -0.393 e. The molecule has 1 saturated carbocycles. The molecule has 6 heteroatoms. The summed E-state index contributed by atoms with van der Waals surface area (Å²) in [6, 6.07) is -0.0925. The van der Waals surface area contributed by atoms with Crippen LogP contribution in [-0.2, 0) is 14.2 Å². The summed E-state index contributed by atoms with van der Waals surface area (Å²) < 4.78 is 16.2. The van der Waals surface area contributed by atoms with Crippen LogP contribution >= 0.6 is 0 Å². The molecule has 0 aromatic rings. The molecule has 2 unspecified atom stereocenters. The Bertz CT molecular complexity index is 274. The number of aliphatic hydroxyl groups is 2. The van der Waals surface area contributed by atoms with E-state index in [-0.39, 0.29) is 31.4 Å². The smallest absolute Gasteiger partial charge is 0.179 e. The molecule has 1 aliphatic carbocycles. The number of rotatable bonds is 1. The highest BCUT2D eigenvalue weighted by atomic mass is 16.8. The molecule has 2 N–H and O–H groups in total. The Labute approximate surface area is 82.4 Å². The van der Waals surface area contributed by atoms with Crippen molar-refractivity contribution < 1.29 is 24.4 Å². The van der Waals surface area contributed by atoms with Crippen molar-refractivity contribution in [3.05, 3.63) is 0 Å². The quantitative estimate of drug-likeness (QED) is 0.469. The zero-order valence-corrected chi connectivity index (χ0v) is 7.97. The predicted octanol–water partition coefficient (Wildman–Crippen LogP) is -2.21. The highest BCUT2D eigenvalue weighted by molar-refractivity contribution is 6.11. The summed E-state index contributed by atoms with van der Waals surface area (Å²) in [5, 5.41) is 19.3. The van der Waals surface area contributed by atoms with Gasteiger partial charge in [-0.05, 0) is 0 Å². The first kappa shape index (κ1) is 9.12. The van der Waals surface area contributed by atoms with Crippen LogP contribution in [-0.4, -0.2) is 55.0 Å². The molecule has 3 fully saturated rings. The van der Waals surface area contributed by atoms with Crippen molar-refractivity contribution in [1.82, 2.24) is 0 Å². The van der Waals surface area contributed by atoms with Crippen molar-refractivity contribution >= 4 is 7.85 Å². The van der Waals surface area contributed by atoms with E-state index in [0.29, 0.717) is 6.42 Å². The fraction of sp³-hybridized carbons (Fsp3) is 1.00. The lowest BCUT2D eigenvalue weighted by Crippen LogP contribution is -2.71. The zero-order valence-electron chi connectivity index (χ0n) is 7.97. The Morgan fingerprint density at radius 1 is 1.50 bits per heavy atom. The summed E-state index contributed by atoms with van der Waals surface area (Å²) in [6.45, 7) is 0.0143. The van der Waals surface area contributed by atoms with E-state index in [9.17, 15) is 10.2 Å². The Morgan fingerprint density at radius 2 is 2.29 bits per heavy atom. The Kier molecular flexibility index (Phi) is 1.63. The second kappa shape index (κ2) is 2.51. The van der Waals surface area contributed by atoms with Gasteiger partial charge in [-0.25, -0.2) is 0 Å². The van der Waals surface area contributed by atoms with E-state index in [4.69, 9.17) is 14.2 Å². The topological polar surface area (TPSA) is 68.2 Å². The summed E-state index contributed by atoms with van der Waals surface area (Å²) in [6.07, 6.45) is 0.181. The second-order valence-corrected chi connectivity index (χ2v) is 4.44. The molecule has 3 rings (SSSR count). The van der Waals surface area contributed by atoms with Crippen LogP contribution in [0.5, 0.6) is 0 Å². The van der Waals surface area contributed by atoms with Gasteiger partial charge in [-0.15, -0.1) is 0 Å². The normalized spacial score (nSPS) is 60.6. The number of hydrogen-bond acceptors (Lipinski definition) is 5. The second-order valence-electron chi connectivity index (χ2n) is 4.44. The molecule has 0 spiro atoms. The number of aliphatic hydroxyl groups excluding tert-OH is 1. The standard InChI is InChI=1S/C8H13BO5/c9-6-4-5-7(2-10,14-6)1-8(5,11)13-3-12-4/h4-6,10-11H,1-3,9H2/t4-,5?,6+,7+,8?/m0/s1. The largest absolute Gasteiger partial charge is 0.393 e. The molecule has 2 heterocycles. The van der Waals surface area contributed by atoms with E-state index >= 15 is 0 Å². The Balaban J connectivity index is 1.96. The van der Waals surface area contributed by atoms with E-state index in [2.05, 4.69) is 0 Å². The lowest BCUT2D eigenvalue weighted by molar-refractivity contribution is -0.403. The van der Waals surface area contributed by atoms with Crippen molar-refractivity contribution in [3.8, 4) is 0 Å². The van der Waals surface area contributed by atoms with Gasteiger partial charge in [-0.3, -0.25) is 0 Å². The van der Waals surface area contributed by atoms with E-state index in [1.54, 1.807) is 0 Å². The van der Waals surface area contributed by atoms with Crippen molar-refractivity contribution in [2.45, 2.75) is 29.9 Å². The van der Waals surface area contributed by atoms with Crippen LogP contribution in [0.15, 0.2) is 0 Å². The van der Waals surface area contributed by atoms with E-state index in [0.717, 1.165) is 0 Å². The van der Waals surface area contributed by atoms with Crippen LogP contribution in [0.2, 0.25) is 0 Å². The molecule has 2 aliphatic heterocycles. The summed E-state index contributed by atoms with van der Waals surface area (Å²) in [7, 11) is 1.89. The van der Waals surface area contributed by atoms with Crippen molar-refractivity contribution in [2.24, 2.45) is 5.92 Å². The first-order chi connectivity index (χ1) is 6.61. The van der Waals surface area contributed by atoms with Gasteiger partial charge in [0.25, 0.3) is 0 Å². The van der Waals surface area contributed by atoms with Gasteiger partial charge >= 0.3 is 0 Å². The maximum Gasteiger partial charge on any atom is 0.179 e. The molecule has 2 saturated heterocycles. The maximum atomic E-state index is 10.0. The lowest BCUT2D eigenvalue weighted by atomic mass is 9.62. The molecule has 0 aromatic heterocycles. The molecular formula is C8H13BO5. The van der Waals surface area contributed by atoms with Crippen LogP contribution in [0.1, 0.15) is 6.42 Å². The first-order valence-electron chi connectivity index (χ1n) is 4.88. The molecule has 0 radical (unpaired) electrons. The molecule has 0 aromatic carbocycles. The van der Waals surface area contributed by atoms with Crippen molar-refractivity contribution in [3.63, 3.8) is 0 Å². The average Bonchev–Trinajstić information content (AvgIpc) is 2.39. The van der Waals surface area contributed by atoms with Crippen molar-refractivity contribution in [1.29, 1.82) is 0 Å². The van der Waals surface area contributed by atoms with Crippen LogP contribution < -0.4 is 0 Å². The molecule has 3 aliphatic rings. The Hall–Kier alpha value is -0.135. The molecule has 0 amide bonds. The third kappa shape index (κ3) is 0.839. The van der Waals surface area contributed by atoms with Crippen LogP contribution in [0, 0.1) is 5.92 Å². The van der Waals surface area contributed by atoms with Gasteiger partial charge < -0.3 is 24.4 Å². The summed E-state index contributed by atoms with van der Waals surface area (Å²) >= 11 is 0. The van der Waals surface area contributed by atoms with Crippen LogP contribution in [0.3, 0.4) is 0 Å². The van der Waals surface area contributed by atoms with E-state index < -0.39 is 11.4 Å². The summed E-state index contributed by atoms with van der Waals surface area (Å²) in [5.74, 6) is -1.39. The molecule has 14 heavy (non-hydrogen) atoms. The SMILES string of the molecule is B[C@@H]1O[C@@]2(CO)CC3(O)OCO[C@H]1C32. The van der Waals surface area contributed by atoms with E-state index in [1.807, 2.05) is 7.85 Å². The third-order valence-electron chi connectivity index (χ3n) is 3.65. The van der Waals surface area contributed by atoms with Crippen molar-refractivity contribution in [2.75, 3.05) is 13.4 Å². The molecule has 5 atom stereocenters. The number of hydrogen-bond donors (Lipinski definition) is 2. The average molecular weight is 200 g/mol. The summed E-state index contributed by atoms with van der Waals surface area (Å²) in [5.41, 5.74) is -0.640. The van der Waals surface area contributed by atoms with Gasteiger partial charge in [0.15, 0.2) is 12.6 Å². The Morgan fingerprint density at radius 3 is 3.00 bits per heavy atom. The highest BCUT2D eigenvalue weighted by Gasteiger charge is 2.74. The zero-order chi connectivity index (χ0) is 9.97. The van der Waals surface area contributed by atoms with Gasteiger partial charge in [0.1, 0.15) is 13.4 Å². The molecule has 0 bridgehead atoms. The highest BCUT2D eigenvalue weighted by Crippen LogP contribution is 2.59. The minimum absolute atomic E-state index is 0.0897. The van der Waals surface area contributed by atoms with Crippen LogP contribution in [0.4, 0.5) is 0 Å². The first-order valence-corrected chi connectivity index (χ1v) is 4.88.